The van der Waals surface area contributed by atoms with Crippen LogP contribution in [0.3, 0.4) is 0 Å². The molecular weight excluding hydrogens is 202 g/mol. The summed E-state index contributed by atoms with van der Waals surface area (Å²) >= 11 is 0. The summed E-state index contributed by atoms with van der Waals surface area (Å²) in [5, 5.41) is 0. The van der Waals surface area contributed by atoms with Crippen LogP contribution < -0.4 is 5.73 Å². The largest absolute Gasteiger partial charge is 0.397 e. The minimum absolute atomic E-state index is 0.372. The highest BCUT2D eigenvalue weighted by Crippen LogP contribution is 2.12. The molecule has 1 atom stereocenters. The van der Waals surface area contributed by atoms with E-state index in [1.54, 1.807) is 13.3 Å². The molecule has 0 fully saturated rings. The van der Waals surface area contributed by atoms with E-state index < -0.39 is 0 Å². The predicted octanol–water partition coefficient (Wildman–Crippen LogP) is 1.52. The third kappa shape index (κ3) is 3.47. The molecule has 4 nitrogen and oxygen atoms in total. The molecule has 0 radical (unpaired) electrons. The third-order valence-corrected chi connectivity index (χ3v) is 2.72. The number of rotatable bonds is 6. The number of methoxy groups -OCH3 is 1. The summed E-state index contributed by atoms with van der Waals surface area (Å²) in [6.07, 6.45) is 1.78. The zero-order chi connectivity index (χ0) is 12.0. The number of nitrogens with zero attached hydrogens (tertiary/aromatic N) is 2. The first-order valence-corrected chi connectivity index (χ1v) is 5.61. The highest BCUT2D eigenvalue weighted by atomic mass is 16.5. The maximum absolute atomic E-state index is 5.88. The first kappa shape index (κ1) is 12.9. The van der Waals surface area contributed by atoms with Crippen molar-refractivity contribution in [2.75, 3.05) is 26.0 Å². The fourth-order valence-corrected chi connectivity index (χ4v) is 1.70. The number of hydrogen-bond donors (Lipinski definition) is 1. The van der Waals surface area contributed by atoms with Crippen molar-refractivity contribution in [2.24, 2.45) is 0 Å². The molecule has 2 N–H and O–H groups in total. The Morgan fingerprint density at radius 1 is 1.56 bits per heavy atom. The Morgan fingerprint density at radius 3 is 2.88 bits per heavy atom. The minimum Gasteiger partial charge on any atom is -0.397 e. The van der Waals surface area contributed by atoms with Crippen LogP contribution in [0.4, 0.5) is 5.69 Å². The molecule has 1 unspecified atom stereocenters. The number of pyridine rings is 1. The number of hydrogen-bond acceptors (Lipinski definition) is 4. The van der Waals surface area contributed by atoms with E-state index in [4.69, 9.17) is 10.5 Å². The van der Waals surface area contributed by atoms with E-state index in [0.29, 0.717) is 6.04 Å². The Balaban J connectivity index is 2.66. The van der Waals surface area contributed by atoms with Gasteiger partial charge in [-0.3, -0.25) is 9.88 Å². The zero-order valence-corrected chi connectivity index (χ0v) is 10.3. The van der Waals surface area contributed by atoms with Crippen LogP contribution in [-0.4, -0.2) is 36.2 Å². The molecule has 0 aliphatic heterocycles. The molecule has 0 aromatic carbocycles. The second kappa shape index (κ2) is 6.45. The van der Waals surface area contributed by atoms with Gasteiger partial charge in [0, 0.05) is 25.9 Å². The first-order chi connectivity index (χ1) is 7.69. The Morgan fingerprint density at radius 2 is 2.31 bits per heavy atom. The summed E-state index contributed by atoms with van der Waals surface area (Å²) < 4.78 is 5.16. The van der Waals surface area contributed by atoms with Gasteiger partial charge in [0.2, 0.25) is 0 Å². The number of aromatic nitrogens is 1. The fraction of sp³-hybridized carbons (Fsp3) is 0.583. The molecule has 0 aliphatic rings. The Kier molecular flexibility index (Phi) is 5.22. The van der Waals surface area contributed by atoms with Gasteiger partial charge in [0.05, 0.1) is 18.0 Å². The summed E-state index contributed by atoms with van der Waals surface area (Å²) in [6, 6.07) is 4.11. The minimum atomic E-state index is 0.372. The molecule has 0 bridgehead atoms. The fourth-order valence-electron chi connectivity index (χ4n) is 1.70. The first-order valence-electron chi connectivity index (χ1n) is 5.61. The molecule has 0 saturated carbocycles. The zero-order valence-electron chi connectivity index (χ0n) is 10.3. The van der Waals surface area contributed by atoms with Gasteiger partial charge in [-0.2, -0.15) is 0 Å². The van der Waals surface area contributed by atoms with E-state index in [1.807, 2.05) is 12.1 Å². The topological polar surface area (TPSA) is 51.4 Å². The van der Waals surface area contributed by atoms with Crippen molar-refractivity contribution in [3.05, 3.63) is 24.0 Å². The quantitative estimate of drug-likeness (QED) is 0.794. The van der Waals surface area contributed by atoms with Crippen molar-refractivity contribution in [1.82, 2.24) is 9.88 Å². The summed E-state index contributed by atoms with van der Waals surface area (Å²) in [5.41, 5.74) is 7.57. The number of nitrogens with two attached hydrogens (primary N) is 1. The maximum Gasteiger partial charge on any atom is 0.0772 e. The van der Waals surface area contributed by atoms with Gasteiger partial charge in [-0.05, 0) is 25.6 Å². The molecule has 0 saturated heterocycles. The van der Waals surface area contributed by atoms with E-state index in [-0.39, 0.29) is 0 Å². The summed E-state index contributed by atoms with van der Waals surface area (Å²) in [6.45, 7) is 6.73. The molecular formula is C12H21N3O. The van der Waals surface area contributed by atoms with Crippen LogP contribution in [0.25, 0.3) is 0 Å². The Labute approximate surface area is 97.4 Å². The van der Waals surface area contributed by atoms with Crippen LogP contribution in [0.1, 0.15) is 19.5 Å². The lowest BCUT2D eigenvalue weighted by Crippen LogP contribution is -2.36. The van der Waals surface area contributed by atoms with Gasteiger partial charge in [0.1, 0.15) is 0 Å². The predicted molar refractivity (Wildman–Crippen MR) is 66.1 cm³/mol. The second-order valence-corrected chi connectivity index (χ2v) is 3.91. The highest BCUT2D eigenvalue weighted by molar-refractivity contribution is 5.41. The van der Waals surface area contributed by atoms with Crippen LogP contribution in [0, 0.1) is 0 Å². The summed E-state index contributed by atoms with van der Waals surface area (Å²) in [4.78, 5) is 6.59. The van der Waals surface area contributed by atoms with Crippen LogP contribution in [0.2, 0.25) is 0 Å². The van der Waals surface area contributed by atoms with E-state index in [2.05, 4.69) is 23.7 Å². The van der Waals surface area contributed by atoms with Crippen molar-refractivity contribution in [3.8, 4) is 0 Å². The molecule has 16 heavy (non-hydrogen) atoms. The molecule has 1 heterocycles. The molecule has 0 amide bonds. The van der Waals surface area contributed by atoms with E-state index in [1.165, 1.54) is 0 Å². The molecule has 1 aromatic rings. The van der Waals surface area contributed by atoms with E-state index in [0.717, 1.165) is 31.1 Å². The van der Waals surface area contributed by atoms with Gasteiger partial charge >= 0.3 is 0 Å². The van der Waals surface area contributed by atoms with Gasteiger partial charge in [0.25, 0.3) is 0 Å². The van der Waals surface area contributed by atoms with Crippen molar-refractivity contribution >= 4 is 5.69 Å². The van der Waals surface area contributed by atoms with Crippen LogP contribution in [0.5, 0.6) is 0 Å². The van der Waals surface area contributed by atoms with Gasteiger partial charge in [-0.1, -0.05) is 6.92 Å². The SMILES string of the molecule is CCN(Cc1ncccc1N)C(C)COC. The van der Waals surface area contributed by atoms with Crippen LogP contribution >= 0.6 is 0 Å². The lowest BCUT2D eigenvalue weighted by molar-refractivity contribution is 0.0975. The monoisotopic (exact) mass is 223 g/mol. The number of anilines is 1. The maximum atomic E-state index is 5.88. The van der Waals surface area contributed by atoms with E-state index >= 15 is 0 Å². The highest BCUT2D eigenvalue weighted by Gasteiger charge is 2.13. The Hall–Kier alpha value is -1.13. The van der Waals surface area contributed by atoms with Gasteiger partial charge < -0.3 is 10.5 Å². The molecule has 4 heteroatoms. The van der Waals surface area contributed by atoms with E-state index in [9.17, 15) is 0 Å². The molecule has 0 aliphatic carbocycles. The average Bonchev–Trinajstić information content (AvgIpc) is 2.28. The van der Waals surface area contributed by atoms with Gasteiger partial charge in [0.15, 0.2) is 0 Å². The average molecular weight is 223 g/mol. The second-order valence-electron chi connectivity index (χ2n) is 3.91. The standard InChI is InChI=1S/C12H21N3O/c1-4-15(10(2)9-16-3)8-12-11(13)6-5-7-14-12/h5-7,10H,4,8-9,13H2,1-3H3. The third-order valence-electron chi connectivity index (χ3n) is 2.72. The number of likely N-dealkylation sites (N-methyl/N-ethyl adjacent to an activating group) is 1. The van der Waals surface area contributed by atoms with Crippen molar-refractivity contribution in [2.45, 2.75) is 26.4 Å². The molecule has 90 valence electrons. The normalized spacial score (nSPS) is 13.0. The molecule has 1 rings (SSSR count). The number of nitrogen functional groups attached to an aromatic ring is 1. The van der Waals surface area contributed by atoms with Crippen molar-refractivity contribution in [3.63, 3.8) is 0 Å². The van der Waals surface area contributed by atoms with Crippen molar-refractivity contribution in [1.29, 1.82) is 0 Å². The smallest absolute Gasteiger partial charge is 0.0772 e. The van der Waals surface area contributed by atoms with Gasteiger partial charge in [-0.25, -0.2) is 0 Å². The number of ether oxygens (including phenoxy) is 1. The summed E-state index contributed by atoms with van der Waals surface area (Å²) in [5.74, 6) is 0. The van der Waals surface area contributed by atoms with Gasteiger partial charge in [-0.15, -0.1) is 0 Å². The lowest BCUT2D eigenvalue weighted by atomic mass is 10.2. The Bertz CT molecular complexity index is 317. The van der Waals surface area contributed by atoms with Crippen LogP contribution in [0.15, 0.2) is 18.3 Å². The lowest BCUT2D eigenvalue weighted by Gasteiger charge is -2.27. The molecule has 1 aromatic heterocycles. The summed E-state index contributed by atoms with van der Waals surface area (Å²) in [7, 11) is 1.72. The molecule has 0 spiro atoms. The van der Waals surface area contributed by atoms with Crippen molar-refractivity contribution < 1.29 is 4.74 Å². The van der Waals surface area contributed by atoms with Crippen LogP contribution in [-0.2, 0) is 11.3 Å².